The van der Waals surface area contributed by atoms with Crippen molar-refractivity contribution < 1.29 is 9.47 Å². The van der Waals surface area contributed by atoms with Crippen LogP contribution in [0.3, 0.4) is 0 Å². The van der Waals surface area contributed by atoms with Gasteiger partial charge in [-0.1, -0.05) is 30.3 Å². The summed E-state index contributed by atoms with van der Waals surface area (Å²) in [6, 6.07) is 16.0. The standard InChI is InChI=1S/C19H17N3O2S/c1-20-19-22(16(13-25-19)15-5-3-2-4-6-15)21-12-14-7-8-17-18(11-14)24-10-9-23-17/h2-8,11-13H,9-10H2,1H3/b20-19?,21-12-. The molecule has 0 bridgehead atoms. The molecule has 0 unspecified atom stereocenters. The molecule has 6 heteroatoms. The van der Waals surface area contributed by atoms with E-state index in [0.717, 1.165) is 33.1 Å². The smallest absolute Gasteiger partial charge is 0.205 e. The SMILES string of the molecule is CN=c1scc(-c2ccccc2)n1/N=C\c1ccc2c(c1)OCCO2. The number of ether oxygens (including phenoxy) is 2. The Labute approximate surface area is 149 Å². The molecule has 0 amide bonds. The highest BCUT2D eigenvalue weighted by Crippen LogP contribution is 2.30. The van der Waals surface area contributed by atoms with Crippen molar-refractivity contribution >= 4 is 17.6 Å². The van der Waals surface area contributed by atoms with Crippen LogP contribution in [0.25, 0.3) is 11.3 Å². The Morgan fingerprint density at radius 2 is 1.84 bits per heavy atom. The van der Waals surface area contributed by atoms with Gasteiger partial charge in [0, 0.05) is 18.0 Å². The lowest BCUT2D eigenvalue weighted by molar-refractivity contribution is 0.171. The van der Waals surface area contributed by atoms with Crippen molar-refractivity contribution in [3.8, 4) is 22.8 Å². The summed E-state index contributed by atoms with van der Waals surface area (Å²) >= 11 is 1.57. The third-order valence-electron chi connectivity index (χ3n) is 3.83. The van der Waals surface area contributed by atoms with Crippen molar-refractivity contribution in [2.45, 2.75) is 0 Å². The molecule has 0 saturated heterocycles. The molecule has 1 aromatic heterocycles. The number of hydrogen-bond donors (Lipinski definition) is 0. The maximum absolute atomic E-state index is 5.63. The van der Waals surface area contributed by atoms with Gasteiger partial charge in [0.15, 0.2) is 11.5 Å². The second-order valence-corrected chi connectivity index (χ2v) is 6.29. The van der Waals surface area contributed by atoms with Crippen LogP contribution in [-0.4, -0.2) is 31.2 Å². The Balaban J connectivity index is 1.71. The van der Waals surface area contributed by atoms with Crippen molar-refractivity contribution in [2.24, 2.45) is 10.1 Å². The predicted octanol–water partition coefficient (Wildman–Crippen LogP) is 3.40. The van der Waals surface area contributed by atoms with Gasteiger partial charge in [0.1, 0.15) is 13.2 Å². The number of hydrogen-bond acceptors (Lipinski definition) is 5. The fourth-order valence-corrected chi connectivity index (χ4v) is 3.44. The van der Waals surface area contributed by atoms with Crippen LogP contribution < -0.4 is 14.3 Å². The summed E-state index contributed by atoms with van der Waals surface area (Å²) in [6.07, 6.45) is 1.81. The minimum absolute atomic E-state index is 0.573. The second-order valence-electron chi connectivity index (χ2n) is 5.45. The molecule has 0 saturated carbocycles. The van der Waals surface area contributed by atoms with E-state index in [2.05, 4.69) is 27.6 Å². The first-order chi connectivity index (χ1) is 12.3. The van der Waals surface area contributed by atoms with Gasteiger partial charge in [0.25, 0.3) is 0 Å². The summed E-state index contributed by atoms with van der Waals surface area (Å²) in [6.45, 7) is 1.16. The lowest BCUT2D eigenvalue weighted by Crippen LogP contribution is -2.15. The van der Waals surface area contributed by atoms with E-state index >= 15 is 0 Å². The van der Waals surface area contributed by atoms with E-state index in [4.69, 9.17) is 9.47 Å². The van der Waals surface area contributed by atoms with Crippen molar-refractivity contribution in [1.29, 1.82) is 0 Å². The highest BCUT2D eigenvalue weighted by atomic mass is 32.1. The molecule has 1 aliphatic heterocycles. The van der Waals surface area contributed by atoms with Crippen LogP contribution in [0.5, 0.6) is 11.5 Å². The minimum atomic E-state index is 0.573. The van der Waals surface area contributed by atoms with E-state index in [1.807, 2.05) is 47.3 Å². The Kier molecular flexibility index (Phi) is 4.35. The lowest BCUT2D eigenvalue weighted by Gasteiger charge is -2.18. The Morgan fingerprint density at radius 1 is 1.04 bits per heavy atom. The molecule has 0 fully saturated rings. The van der Waals surface area contributed by atoms with Gasteiger partial charge in [-0.15, -0.1) is 11.3 Å². The molecule has 126 valence electrons. The van der Waals surface area contributed by atoms with Gasteiger partial charge in [-0.2, -0.15) is 5.10 Å². The van der Waals surface area contributed by atoms with Crippen LogP contribution >= 0.6 is 11.3 Å². The van der Waals surface area contributed by atoms with E-state index in [9.17, 15) is 0 Å². The monoisotopic (exact) mass is 351 g/mol. The van der Waals surface area contributed by atoms with Crippen LogP contribution in [0.4, 0.5) is 0 Å². The molecule has 1 aliphatic rings. The number of thiazole rings is 1. The van der Waals surface area contributed by atoms with Crippen molar-refractivity contribution in [2.75, 3.05) is 20.3 Å². The lowest BCUT2D eigenvalue weighted by atomic mass is 10.2. The van der Waals surface area contributed by atoms with E-state index < -0.39 is 0 Å². The minimum Gasteiger partial charge on any atom is -0.486 e. The summed E-state index contributed by atoms with van der Waals surface area (Å²) in [7, 11) is 1.77. The number of benzene rings is 2. The zero-order valence-electron chi connectivity index (χ0n) is 13.8. The van der Waals surface area contributed by atoms with Gasteiger partial charge < -0.3 is 9.47 Å². The zero-order valence-corrected chi connectivity index (χ0v) is 14.6. The first-order valence-electron chi connectivity index (χ1n) is 7.98. The van der Waals surface area contributed by atoms with Gasteiger partial charge in [0.05, 0.1) is 11.9 Å². The van der Waals surface area contributed by atoms with E-state index in [0.29, 0.717) is 13.2 Å². The Hall–Kier alpha value is -2.86. The van der Waals surface area contributed by atoms with Crippen LogP contribution in [0, 0.1) is 0 Å². The predicted molar refractivity (Wildman–Crippen MR) is 99.7 cm³/mol. The van der Waals surface area contributed by atoms with Crippen molar-refractivity contribution in [3.63, 3.8) is 0 Å². The normalized spacial score (nSPS) is 14.2. The molecule has 25 heavy (non-hydrogen) atoms. The highest BCUT2D eigenvalue weighted by Gasteiger charge is 2.11. The van der Waals surface area contributed by atoms with Gasteiger partial charge in [-0.05, 0) is 23.8 Å². The number of fused-ring (bicyclic) bond motifs is 1. The molecule has 0 atom stereocenters. The molecule has 0 spiro atoms. The first-order valence-corrected chi connectivity index (χ1v) is 8.86. The van der Waals surface area contributed by atoms with E-state index in [1.54, 1.807) is 18.4 Å². The maximum Gasteiger partial charge on any atom is 0.205 e. The summed E-state index contributed by atoms with van der Waals surface area (Å²) in [4.78, 5) is 5.16. The third-order valence-corrected chi connectivity index (χ3v) is 4.74. The van der Waals surface area contributed by atoms with Crippen LogP contribution in [0.2, 0.25) is 0 Å². The average molecular weight is 351 g/mol. The van der Waals surface area contributed by atoms with Gasteiger partial charge in [-0.25, -0.2) is 4.68 Å². The highest BCUT2D eigenvalue weighted by molar-refractivity contribution is 7.07. The molecular weight excluding hydrogens is 334 g/mol. The molecule has 0 radical (unpaired) electrons. The summed E-state index contributed by atoms with van der Waals surface area (Å²) in [5.74, 6) is 1.54. The molecule has 2 aromatic carbocycles. The molecule has 3 aromatic rings. The van der Waals surface area contributed by atoms with Crippen LogP contribution in [-0.2, 0) is 0 Å². The van der Waals surface area contributed by atoms with E-state index in [1.165, 1.54) is 0 Å². The van der Waals surface area contributed by atoms with Gasteiger partial charge >= 0.3 is 0 Å². The molecule has 0 aliphatic carbocycles. The number of rotatable bonds is 3. The molecule has 4 rings (SSSR count). The Bertz CT molecular complexity index is 974. The second kappa shape index (κ2) is 6.94. The topological polar surface area (TPSA) is 48.1 Å². The van der Waals surface area contributed by atoms with Crippen molar-refractivity contribution in [1.82, 2.24) is 4.68 Å². The fraction of sp³-hybridized carbons (Fsp3) is 0.158. The molecular formula is C19H17N3O2S. The summed E-state index contributed by atoms with van der Waals surface area (Å²) in [5, 5.41) is 6.71. The molecule has 2 heterocycles. The van der Waals surface area contributed by atoms with Crippen molar-refractivity contribution in [3.05, 3.63) is 64.3 Å². The Morgan fingerprint density at radius 3 is 2.64 bits per heavy atom. The number of nitrogens with zero attached hydrogens (tertiary/aromatic N) is 3. The average Bonchev–Trinajstić information content (AvgIpc) is 3.10. The van der Waals surface area contributed by atoms with Crippen LogP contribution in [0.15, 0.2) is 64.0 Å². The zero-order chi connectivity index (χ0) is 17.1. The van der Waals surface area contributed by atoms with Gasteiger partial charge in [-0.3, -0.25) is 4.99 Å². The summed E-state index contributed by atoms with van der Waals surface area (Å²) in [5.41, 5.74) is 3.07. The summed E-state index contributed by atoms with van der Waals surface area (Å²) < 4.78 is 13.0. The van der Waals surface area contributed by atoms with Crippen LogP contribution in [0.1, 0.15) is 5.56 Å². The third kappa shape index (κ3) is 3.21. The largest absolute Gasteiger partial charge is 0.486 e. The first kappa shape index (κ1) is 15.7. The maximum atomic E-state index is 5.63. The number of aromatic nitrogens is 1. The molecule has 5 nitrogen and oxygen atoms in total. The van der Waals surface area contributed by atoms with Gasteiger partial charge in [0.2, 0.25) is 4.80 Å². The quantitative estimate of drug-likeness (QED) is 0.679. The fourth-order valence-electron chi connectivity index (χ4n) is 2.63. The van der Waals surface area contributed by atoms with E-state index in [-0.39, 0.29) is 0 Å². The molecule has 0 N–H and O–H groups in total.